The first-order valence-electron chi connectivity index (χ1n) is 8.41. The predicted octanol–water partition coefficient (Wildman–Crippen LogP) is 3.99. The van der Waals surface area contributed by atoms with Crippen molar-refractivity contribution >= 4 is 10.0 Å². The fourth-order valence-corrected chi connectivity index (χ4v) is 4.65. The molecule has 0 aliphatic heterocycles. The lowest BCUT2D eigenvalue weighted by molar-refractivity contribution is 0.227. The third kappa shape index (κ3) is 4.32. The number of benzene rings is 1. The van der Waals surface area contributed by atoms with E-state index in [1.165, 1.54) is 12.0 Å². The molecule has 2 rings (SSSR count). The van der Waals surface area contributed by atoms with Crippen LogP contribution in [0.4, 0.5) is 0 Å². The minimum Gasteiger partial charge on any atom is -0.208 e. The second-order valence-corrected chi connectivity index (χ2v) is 8.95. The normalized spacial score (nSPS) is 26.3. The van der Waals surface area contributed by atoms with Crippen LogP contribution in [-0.4, -0.2) is 14.5 Å². The second-order valence-electron chi connectivity index (χ2n) is 7.24. The molecule has 0 saturated heterocycles. The third-order valence-electron chi connectivity index (χ3n) is 4.89. The van der Waals surface area contributed by atoms with Crippen molar-refractivity contribution in [3.8, 4) is 0 Å². The van der Waals surface area contributed by atoms with Gasteiger partial charge in [-0.1, -0.05) is 52.7 Å². The Morgan fingerprint density at radius 3 is 2.36 bits per heavy atom. The van der Waals surface area contributed by atoms with Crippen LogP contribution in [0.3, 0.4) is 0 Å². The molecule has 1 aliphatic rings. The minimum atomic E-state index is -3.41. The highest BCUT2D eigenvalue weighted by Gasteiger charge is 2.30. The van der Waals surface area contributed by atoms with Crippen LogP contribution in [0.1, 0.15) is 52.5 Å². The Balaban J connectivity index is 2.09. The molecule has 0 radical (unpaired) electrons. The second kappa shape index (κ2) is 7.14. The van der Waals surface area contributed by atoms with Crippen LogP contribution in [0.15, 0.2) is 29.2 Å². The van der Waals surface area contributed by atoms with E-state index in [0.29, 0.717) is 22.6 Å². The lowest BCUT2D eigenvalue weighted by Gasteiger charge is -2.34. The maximum atomic E-state index is 12.6. The number of nitrogens with one attached hydrogen (secondary N) is 1. The Hall–Kier alpha value is -0.870. The lowest BCUT2D eigenvalue weighted by atomic mass is 9.78. The molecular formula is C18H29NO2S. The summed E-state index contributed by atoms with van der Waals surface area (Å²) in [5, 5.41) is 0. The number of rotatable bonds is 5. The van der Waals surface area contributed by atoms with E-state index in [4.69, 9.17) is 0 Å². The smallest absolute Gasteiger partial charge is 0.208 e. The van der Waals surface area contributed by atoms with E-state index in [9.17, 15) is 8.42 Å². The van der Waals surface area contributed by atoms with E-state index in [2.05, 4.69) is 32.4 Å². The predicted molar refractivity (Wildman–Crippen MR) is 91.3 cm³/mol. The molecule has 1 N–H and O–H groups in total. The van der Waals surface area contributed by atoms with Crippen molar-refractivity contribution in [3.63, 3.8) is 0 Å². The van der Waals surface area contributed by atoms with Gasteiger partial charge in [0.1, 0.15) is 0 Å². The van der Waals surface area contributed by atoms with Gasteiger partial charge in [-0.2, -0.15) is 0 Å². The number of sulfonamides is 1. The molecule has 3 atom stereocenters. The van der Waals surface area contributed by atoms with E-state index < -0.39 is 10.0 Å². The third-order valence-corrected chi connectivity index (χ3v) is 6.40. The minimum absolute atomic E-state index is 0.0593. The molecule has 0 aromatic heterocycles. The van der Waals surface area contributed by atoms with Crippen molar-refractivity contribution in [3.05, 3.63) is 29.8 Å². The van der Waals surface area contributed by atoms with Crippen molar-refractivity contribution in [2.75, 3.05) is 0 Å². The van der Waals surface area contributed by atoms with E-state index in [0.717, 1.165) is 19.3 Å². The molecule has 1 fully saturated rings. The molecule has 0 spiro atoms. The summed E-state index contributed by atoms with van der Waals surface area (Å²) < 4.78 is 28.1. The standard InChI is InChI=1S/C18H29NO2S/c1-13(2)12-16-8-10-17(11-9-16)22(20,21)19-18-7-5-6-14(3)15(18)4/h8-11,13-15,18-19H,5-7,12H2,1-4H3/t14-,15+,18-/m1/s1. The summed E-state index contributed by atoms with van der Waals surface area (Å²) in [5.74, 6) is 1.55. The Bertz CT molecular complexity index is 578. The average Bonchev–Trinajstić information content (AvgIpc) is 2.44. The van der Waals surface area contributed by atoms with Gasteiger partial charge in [0.25, 0.3) is 0 Å². The summed E-state index contributed by atoms with van der Waals surface area (Å²) in [6.07, 6.45) is 4.22. The monoisotopic (exact) mass is 323 g/mol. The highest BCUT2D eigenvalue weighted by Crippen LogP contribution is 2.30. The van der Waals surface area contributed by atoms with Crippen molar-refractivity contribution in [2.24, 2.45) is 17.8 Å². The van der Waals surface area contributed by atoms with Gasteiger partial charge >= 0.3 is 0 Å². The largest absolute Gasteiger partial charge is 0.240 e. The van der Waals surface area contributed by atoms with Crippen molar-refractivity contribution in [1.29, 1.82) is 0 Å². The van der Waals surface area contributed by atoms with Crippen molar-refractivity contribution in [1.82, 2.24) is 4.72 Å². The summed E-state index contributed by atoms with van der Waals surface area (Å²) in [7, 11) is -3.41. The van der Waals surface area contributed by atoms with E-state index in [-0.39, 0.29) is 6.04 Å². The molecule has 22 heavy (non-hydrogen) atoms. The Morgan fingerprint density at radius 2 is 1.77 bits per heavy atom. The first-order valence-corrected chi connectivity index (χ1v) is 9.89. The molecule has 1 aromatic carbocycles. The van der Waals surface area contributed by atoms with Crippen LogP contribution in [0, 0.1) is 17.8 Å². The van der Waals surface area contributed by atoms with Crippen LogP contribution in [0.5, 0.6) is 0 Å². The summed E-state index contributed by atoms with van der Waals surface area (Å²) in [5.41, 5.74) is 1.19. The van der Waals surface area contributed by atoms with Crippen LogP contribution in [0.25, 0.3) is 0 Å². The molecule has 1 aliphatic carbocycles. The molecule has 124 valence electrons. The lowest BCUT2D eigenvalue weighted by Crippen LogP contribution is -2.43. The molecule has 0 amide bonds. The maximum absolute atomic E-state index is 12.6. The van der Waals surface area contributed by atoms with Gasteiger partial charge in [0.15, 0.2) is 0 Å². The molecule has 1 aromatic rings. The summed E-state index contributed by atoms with van der Waals surface area (Å²) in [6.45, 7) is 8.70. The summed E-state index contributed by atoms with van der Waals surface area (Å²) >= 11 is 0. The Kier molecular flexibility index (Phi) is 5.67. The zero-order chi connectivity index (χ0) is 16.3. The van der Waals surface area contributed by atoms with Gasteiger partial charge < -0.3 is 0 Å². The first kappa shape index (κ1) is 17.5. The zero-order valence-electron chi connectivity index (χ0n) is 14.2. The van der Waals surface area contributed by atoms with Gasteiger partial charge in [0, 0.05) is 6.04 Å². The molecule has 3 nitrogen and oxygen atoms in total. The van der Waals surface area contributed by atoms with Gasteiger partial charge in [0.05, 0.1) is 4.90 Å². The summed E-state index contributed by atoms with van der Waals surface area (Å²) in [6, 6.07) is 7.39. The maximum Gasteiger partial charge on any atom is 0.240 e. The van der Waals surface area contributed by atoms with E-state index in [1.807, 2.05) is 12.1 Å². The van der Waals surface area contributed by atoms with Gasteiger partial charge in [0.2, 0.25) is 10.0 Å². The fourth-order valence-electron chi connectivity index (χ4n) is 3.29. The molecule has 0 unspecified atom stereocenters. The van der Waals surface area contributed by atoms with Crippen LogP contribution >= 0.6 is 0 Å². The van der Waals surface area contributed by atoms with Gasteiger partial charge in [-0.05, 0) is 48.3 Å². The highest BCUT2D eigenvalue weighted by molar-refractivity contribution is 7.89. The van der Waals surface area contributed by atoms with Crippen LogP contribution in [0.2, 0.25) is 0 Å². The van der Waals surface area contributed by atoms with Crippen molar-refractivity contribution in [2.45, 2.75) is 64.3 Å². The SMILES string of the molecule is CC(C)Cc1ccc(S(=O)(=O)N[C@@H]2CCC[C@@H](C)[C@@H]2C)cc1. The number of hydrogen-bond acceptors (Lipinski definition) is 2. The van der Waals surface area contributed by atoms with E-state index in [1.54, 1.807) is 12.1 Å². The van der Waals surface area contributed by atoms with Gasteiger partial charge in [-0.25, -0.2) is 13.1 Å². The Labute approximate surface area is 135 Å². The highest BCUT2D eigenvalue weighted by atomic mass is 32.2. The van der Waals surface area contributed by atoms with Gasteiger partial charge in [-0.3, -0.25) is 0 Å². The van der Waals surface area contributed by atoms with Gasteiger partial charge in [-0.15, -0.1) is 0 Å². The quantitative estimate of drug-likeness (QED) is 0.890. The molecular weight excluding hydrogens is 294 g/mol. The molecule has 1 saturated carbocycles. The molecule has 0 heterocycles. The summed E-state index contributed by atoms with van der Waals surface area (Å²) in [4.78, 5) is 0.380. The number of hydrogen-bond donors (Lipinski definition) is 1. The fraction of sp³-hybridized carbons (Fsp3) is 0.667. The van der Waals surface area contributed by atoms with Crippen LogP contribution < -0.4 is 4.72 Å². The first-order chi connectivity index (χ1) is 10.3. The topological polar surface area (TPSA) is 46.2 Å². The van der Waals surface area contributed by atoms with E-state index >= 15 is 0 Å². The molecule has 4 heteroatoms. The molecule has 0 bridgehead atoms. The average molecular weight is 324 g/mol. The zero-order valence-corrected chi connectivity index (χ0v) is 15.0. The van der Waals surface area contributed by atoms with Crippen molar-refractivity contribution < 1.29 is 8.42 Å². The Morgan fingerprint density at radius 1 is 1.14 bits per heavy atom. The van der Waals surface area contributed by atoms with Crippen LogP contribution in [-0.2, 0) is 16.4 Å².